The van der Waals surface area contributed by atoms with Gasteiger partial charge in [-0.1, -0.05) is 30.3 Å². The number of hydrogen-bond donors (Lipinski definition) is 0. The molecular formula is C26H24FN3O. The summed E-state index contributed by atoms with van der Waals surface area (Å²) in [5.74, 6) is -0.161. The van der Waals surface area contributed by atoms with Crippen LogP contribution in [0.4, 0.5) is 4.39 Å². The fourth-order valence-electron chi connectivity index (χ4n) is 4.36. The van der Waals surface area contributed by atoms with Gasteiger partial charge in [-0.25, -0.2) is 9.37 Å². The van der Waals surface area contributed by atoms with Crippen molar-refractivity contribution in [1.29, 1.82) is 0 Å². The predicted octanol–water partition coefficient (Wildman–Crippen LogP) is 4.88. The number of fused-ring (bicyclic) bond motifs is 2. The van der Waals surface area contributed by atoms with E-state index in [-0.39, 0.29) is 18.1 Å². The second-order valence-corrected chi connectivity index (χ2v) is 8.32. The zero-order valence-corrected chi connectivity index (χ0v) is 17.7. The lowest BCUT2D eigenvalue weighted by Crippen LogP contribution is -2.37. The van der Waals surface area contributed by atoms with Crippen LogP contribution < -0.4 is 0 Å². The van der Waals surface area contributed by atoms with Crippen LogP contribution in [-0.2, 0) is 24.2 Å². The number of halogens is 1. The number of aromatic nitrogens is 2. The van der Waals surface area contributed by atoms with Crippen LogP contribution in [0.5, 0.6) is 0 Å². The first-order valence-electron chi connectivity index (χ1n) is 10.6. The van der Waals surface area contributed by atoms with Crippen LogP contribution in [0.15, 0.2) is 60.8 Å². The molecule has 0 aliphatic carbocycles. The van der Waals surface area contributed by atoms with Crippen molar-refractivity contribution in [2.45, 2.75) is 33.2 Å². The minimum Gasteiger partial charge on any atom is -0.338 e. The van der Waals surface area contributed by atoms with Crippen LogP contribution in [0.25, 0.3) is 16.9 Å². The number of hydrogen-bond acceptors (Lipinski definition) is 2. The maximum atomic E-state index is 13.9. The van der Waals surface area contributed by atoms with Crippen molar-refractivity contribution in [1.82, 2.24) is 14.3 Å². The molecule has 156 valence electrons. The van der Waals surface area contributed by atoms with E-state index in [2.05, 4.69) is 12.1 Å². The maximum absolute atomic E-state index is 13.9. The molecule has 0 atom stereocenters. The number of carbonyl (C=O) groups excluding carboxylic acids is 1. The van der Waals surface area contributed by atoms with Crippen molar-refractivity contribution in [3.63, 3.8) is 0 Å². The van der Waals surface area contributed by atoms with E-state index in [1.165, 1.54) is 17.2 Å². The molecule has 2 aromatic carbocycles. The van der Waals surface area contributed by atoms with E-state index in [1.807, 2.05) is 46.7 Å². The van der Waals surface area contributed by atoms with Crippen molar-refractivity contribution in [3.05, 3.63) is 94.6 Å². The second kappa shape index (κ2) is 7.65. The molecule has 5 heteroatoms. The highest BCUT2D eigenvalue weighted by Gasteiger charge is 2.24. The molecular weight excluding hydrogens is 389 g/mol. The standard InChI is InChI=1S/C26H24FN3O/c1-17-7-10-24-28-26(20-8-9-22(27)18(2)13-20)23(30(24)15-17)14-25(31)29-12-11-19-5-3-4-6-21(19)16-29/h3-10,13,15H,11-12,14,16H2,1-2H3. The Morgan fingerprint density at radius 1 is 1.06 bits per heavy atom. The van der Waals surface area contributed by atoms with Crippen molar-refractivity contribution in [2.75, 3.05) is 6.54 Å². The number of amides is 1. The highest BCUT2D eigenvalue weighted by atomic mass is 19.1. The Hall–Kier alpha value is -3.47. The Bertz CT molecular complexity index is 1310. The molecule has 0 fully saturated rings. The monoisotopic (exact) mass is 413 g/mol. The first kappa shape index (κ1) is 19.5. The predicted molar refractivity (Wildman–Crippen MR) is 119 cm³/mol. The van der Waals surface area contributed by atoms with Gasteiger partial charge in [0.25, 0.3) is 0 Å². The van der Waals surface area contributed by atoms with Gasteiger partial charge in [0.1, 0.15) is 11.5 Å². The summed E-state index contributed by atoms with van der Waals surface area (Å²) < 4.78 is 15.9. The van der Waals surface area contributed by atoms with E-state index in [1.54, 1.807) is 19.1 Å². The summed E-state index contributed by atoms with van der Waals surface area (Å²) in [6.07, 6.45) is 3.13. The normalized spacial score (nSPS) is 13.5. The maximum Gasteiger partial charge on any atom is 0.228 e. The summed E-state index contributed by atoms with van der Waals surface area (Å²) in [6, 6.07) is 17.3. The molecule has 4 aromatic rings. The summed E-state index contributed by atoms with van der Waals surface area (Å²) in [7, 11) is 0. The number of benzene rings is 2. The van der Waals surface area contributed by atoms with Crippen LogP contribution >= 0.6 is 0 Å². The minimum atomic E-state index is -0.243. The van der Waals surface area contributed by atoms with Gasteiger partial charge in [0.05, 0.1) is 17.8 Å². The van der Waals surface area contributed by atoms with Crippen LogP contribution in [0.3, 0.4) is 0 Å². The van der Waals surface area contributed by atoms with Gasteiger partial charge in [-0.2, -0.15) is 0 Å². The van der Waals surface area contributed by atoms with Gasteiger partial charge in [-0.05, 0) is 66.8 Å². The van der Waals surface area contributed by atoms with Gasteiger partial charge in [-0.3, -0.25) is 4.79 Å². The lowest BCUT2D eigenvalue weighted by atomic mass is 9.99. The van der Waals surface area contributed by atoms with Gasteiger partial charge in [0.15, 0.2) is 0 Å². The number of imidazole rings is 1. The molecule has 3 heterocycles. The average molecular weight is 413 g/mol. The van der Waals surface area contributed by atoms with E-state index in [9.17, 15) is 9.18 Å². The first-order chi connectivity index (χ1) is 15.0. The Labute approximate surface area is 181 Å². The minimum absolute atomic E-state index is 0.0814. The Morgan fingerprint density at radius 2 is 1.87 bits per heavy atom. The van der Waals surface area contributed by atoms with Crippen molar-refractivity contribution in [2.24, 2.45) is 0 Å². The molecule has 1 aliphatic heterocycles. The molecule has 0 N–H and O–H groups in total. The number of pyridine rings is 1. The van der Waals surface area contributed by atoms with Gasteiger partial charge < -0.3 is 9.30 Å². The molecule has 4 nitrogen and oxygen atoms in total. The Morgan fingerprint density at radius 3 is 2.68 bits per heavy atom. The molecule has 1 amide bonds. The summed E-state index contributed by atoms with van der Waals surface area (Å²) in [5, 5.41) is 0. The highest BCUT2D eigenvalue weighted by Crippen LogP contribution is 2.28. The zero-order chi connectivity index (χ0) is 21.5. The Balaban J connectivity index is 1.53. The largest absolute Gasteiger partial charge is 0.338 e. The van der Waals surface area contributed by atoms with Gasteiger partial charge in [0, 0.05) is 24.8 Å². The molecule has 31 heavy (non-hydrogen) atoms. The molecule has 0 bridgehead atoms. The van der Waals surface area contributed by atoms with Gasteiger partial charge in [-0.15, -0.1) is 0 Å². The van der Waals surface area contributed by atoms with Gasteiger partial charge >= 0.3 is 0 Å². The van der Waals surface area contributed by atoms with Crippen LogP contribution in [-0.4, -0.2) is 26.7 Å². The molecule has 0 radical (unpaired) electrons. The second-order valence-electron chi connectivity index (χ2n) is 8.32. The fraction of sp³-hybridized carbons (Fsp3) is 0.231. The summed E-state index contributed by atoms with van der Waals surface area (Å²) in [5.41, 5.74) is 7.38. The molecule has 5 rings (SSSR count). The lowest BCUT2D eigenvalue weighted by Gasteiger charge is -2.29. The van der Waals surface area contributed by atoms with Crippen molar-refractivity contribution in [3.8, 4) is 11.3 Å². The number of rotatable bonds is 3. The molecule has 2 aromatic heterocycles. The smallest absolute Gasteiger partial charge is 0.228 e. The molecule has 1 aliphatic rings. The molecule has 0 spiro atoms. The topological polar surface area (TPSA) is 37.6 Å². The summed E-state index contributed by atoms with van der Waals surface area (Å²) in [4.78, 5) is 20.1. The molecule has 0 unspecified atom stereocenters. The Kier molecular flexibility index (Phi) is 4.81. The van der Waals surface area contributed by atoms with Gasteiger partial charge in [0.2, 0.25) is 5.91 Å². The zero-order valence-electron chi connectivity index (χ0n) is 17.7. The highest BCUT2D eigenvalue weighted by molar-refractivity contribution is 5.82. The molecule has 0 saturated carbocycles. The van der Waals surface area contributed by atoms with E-state index < -0.39 is 0 Å². The summed E-state index contributed by atoms with van der Waals surface area (Å²) >= 11 is 0. The van der Waals surface area contributed by atoms with E-state index in [4.69, 9.17) is 4.98 Å². The third-order valence-corrected chi connectivity index (χ3v) is 6.10. The van der Waals surface area contributed by atoms with E-state index in [0.29, 0.717) is 12.1 Å². The fourth-order valence-corrected chi connectivity index (χ4v) is 4.36. The SMILES string of the molecule is Cc1ccc2nc(-c3ccc(F)c(C)c3)c(CC(=O)N3CCc4ccccc4C3)n2c1. The summed E-state index contributed by atoms with van der Waals surface area (Å²) in [6.45, 7) is 5.12. The third kappa shape index (κ3) is 3.61. The van der Waals surface area contributed by atoms with Crippen LogP contribution in [0.1, 0.15) is 27.9 Å². The first-order valence-corrected chi connectivity index (χ1v) is 10.6. The van der Waals surface area contributed by atoms with Crippen LogP contribution in [0, 0.1) is 19.7 Å². The molecule has 0 saturated heterocycles. The number of carbonyl (C=O) groups is 1. The lowest BCUT2D eigenvalue weighted by molar-refractivity contribution is -0.131. The van der Waals surface area contributed by atoms with Crippen LogP contribution in [0.2, 0.25) is 0 Å². The average Bonchev–Trinajstić information content (AvgIpc) is 3.12. The van der Waals surface area contributed by atoms with E-state index >= 15 is 0 Å². The van der Waals surface area contributed by atoms with E-state index in [0.717, 1.165) is 41.1 Å². The number of aryl methyl sites for hydroxylation is 2. The van der Waals surface area contributed by atoms with Crippen molar-refractivity contribution >= 4 is 11.6 Å². The quantitative estimate of drug-likeness (QED) is 0.480. The van der Waals surface area contributed by atoms with Crippen molar-refractivity contribution < 1.29 is 9.18 Å². The number of nitrogens with zero attached hydrogens (tertiary/aromatic N) is 3. The third-order valence-electron chi connectivity index (χ3n) is 6.10.